The summed E-state index contributed by atoms with van der Waals surface area (Å²) in [7, 11) is 0. The van der Waals surface area contributed by atoms with Crippen LogP contribution in [0.2, 0.25) is 0 Å². The van der Waals surface area contributed by atoms with E-state index in [4.69, 9.17) is 0 Å². The van der Waals surface area contributed by atoms with Gasteiger partial charge in [0.25, 0.3) is 0 Å². The first-order valence-corrected chi connectivity index (χ1v) is 3.48. The van der Waals surface area contributed by atoms with Gasteiger partial charge >= 0.3 is 0 Å². The molecule has 0 radical (unpaired) electrons. The summed E-state index contributed by atoms with van der Waals surface area (Å²) in [6.45, 7) is 1.60. The minimum absolute atomic E-state index is 0.284. The maximum Gasteiger partial charge on any atom is 0.0937 e. The lowest BCUT2D eigenvalue weighted by Gasteiger charge is -2.04. The van der Waals surface area contributed by atoms with Crippen LogP contribution in [0.25, 0.3) is 0 Å². The zero-order chi connectivity index (χ0) is 6.81. The van der Waals surface area contributed by atoms with Crippen molar-refractivity contribution in [1.82, 2.24) is 0 Å². The fraction of sp³-hybridized carbons (Fsp3) is 0.571. The highest BCUT2D eigenvalue weighted by molar-refractivity contribution is 5.81. The first-order chi connectivity index (χ1) is 4.97. The van der Waals surface area contributed by atoms with Gasteiger partial charge in [-0.15, -0.1) is 0 Å². The standard InChI is InChI=1S/C7H9N3/c1-2-10-7-5-9-4-6(7)3-8-1/h2-3,5-7H,1,4H2. The van der Waals surface area contributed by atoms with Gasteiger partial charge in [0.05, 0.1) is 12.6 Å². The molecule has 2 rings (SSSR count). The van der Waals surface area contributed by atoms with Crippen LogP contribution in [-0.2, 0) is 0 Å². The average molecular weight is 135 g/mol. The average Bonchev–Trinajstić information content (AvgIpc) is 2.28. The summed E-state index contributed by atoms with van der Waals surface area (Å²) in [5.74, 6) is 0.443. The first-order valence-electron chi connectivity index (χ1n) is 3.48. The lowest BCUT2D eigenvalue weighted by atomic mass is 10.1. The lowest BCUT2D eigenvalue weighted by molar-refractivity contribution is 0.716. The molecule has 10 heavy (non-hydrogen) atoms. The molecule has 3 nitrogen and oxygen atoms in total. The van der Waals surface area contributed by atoms with E-state index in [0.717, 1.165) is 13.1 Å². The highest BCUT2D eigenvalue weighted by Gasteiger charge is 2.21. The molecule has 0 saturated heterocycles. The number of fused-ring (bicyclic) bond motifs is 1. The van der Waals surface area contributed by atoms with Gasteiger partial charge in [-0.2, -0.15) is 0 Å². The van der Waals surface area contributed by atoms with Gasteiger partial charge in [-0.25, -0.2) is 0 Å². The second-order valence-corrected chi connectivity index (χ2v) is 2.51. The fourth-order valence-corrected chi connectivity index (χ4v) is 1.21. The Morgan fingerprint density at radius 1 is 1.20 bits per heavy atom. The van der Waals surface area contributed by atoms with Gasteiger partial charge in [0, 0.05) is 31.1 Å². The summed E-state index contributed by atoms with van der Waals surface area (Å²) in [5, 5.41) is 0. The van der Waals surface area contributed by atoms with E-state index in [2.05, 4.69) is 15.0 Å². The molecule has 0 amide bonds. The van der Waals surface area contributed by atoms with Crippen LogP contribution >= 0.6 is 0 Å². The summed E-state index contributed by atoms with van der Waals surface area (Å²) in [6.07, 6.45) is 5.75. The fourth-order valence-electron chi connectivity index (χ4n) is 1.21. The second-order valence-electron chi connectivity index (χ2n) is 2.51. The van der Waals surface area contributed by atoms with Crippen LogP contribution in [0.5, 0.6) is 0 Å². The molecule has 2 aliphatic rings. The molecule has 2 unspecified atom stereocenters. The number of nitrogens with zero attached hydrogens (tertiary/aromatic N) is 3. The van der Waals surface area contributed by atoms with Gasteiger partial charge in [0.1, 0.15) is 0 Å². The molecular weight excluding hydrogens is 126 g/mol. The molecule has 2 aliphatic heterocycles. The van der Waals surface area contributed by atoms with Gasteiger partial charge in [0.15, 0.2) is 0 Å². The molecule has 0 aromatic carbocycles. The Hall–Kier alpha value is -0.990. The van der Waals surface area contributed by atoms with Gasteiger partial charge in [-0.3, -0.25) is 15.0 Å². The van der Waals surface area contributed by atoms with E-state index >= 15 is 0 Å². The van der Waals surface area contributed by atoms with Crippen molar-refractivity contribution in [3.8, 4) is 0 Å². The largest absolute Gasteiger partial charge is 0.294 e. The van der Waals surface area contributed by atoms with Gasteiger partial charge in [-0.05, 0) is 0 Å². The van der Waals surface area contributed by atoms with Gasteiger partial charge < -0.3 is 0 Å². The van der Waals surface area contributed by atoms with Crippen molar-refractivity contribution in [1.29, 1.82) is 0 Å². The first kappa shape index (κ1) is 5.77. The van der Waals surface area contributed by atoms with E-state index in [9.17, 15) is 0 Å². The van der Waals surface area contributed by atoms with Crippen LogP contribution in [0, 0.1) is 5.92 Å². The number of hydrogen-bond acceptors (Lipinski definition) is 3. The third-order valence-electron chi connectivity index (χ3n) is 1.77. The molecule has 0 N–H and O–H groups in total. The molecule has 0 bridgehead atoms. The molecule has 3 heteroatoms. The molecule has 0 spiro atoms. The molecule has 0 aliphatic carbocycles. The van der Waals surface area contributed by atoms with Crippen molar-refractivity contribution in [3.63, 3.8) is 0 Å². The third kappa shape index (κ3) is 0.875. The van der Waals surface area contributed by atoms with Crippen molar-refractivity contribution in [2.45, 2.75) is 6.04 Å². The van der Waals surface area contributed by atoms with Crippen LogP contribution in [0.1, 0.15) is 0 Å². The van der Waals surface area contributed by atoms with Gasteiger partial charge in [-0.1, -0.05) is 0 Å². The molecule has 2 heterocycles. The lowest BCUT2D eigenvalue weighted by Crippen LogP contribution is -2.17. The maximum atomic E-state index is 4.29. The van der Waals surface area contributed by atoms with Crippen molar-refractivity contribution in [2.75, 3.05) is 13.1 Å². The van der Waals surface area contributed by atoms with Crippen molar-refractivity contribution in [2.24, 2.45) is 20.9 Å². The molecule has 2 atom stereocenters. The number of rotatable bonds is 0. The molecule has 0 aromatic rings. The van der Waals surface area contributed by atoms with E-state index in [1.54, 1.807) is 0 Å². The second kappa shape index (κ2) is 2.33. The van der Waals surface area contributed by atoms with Crippen molar-refractivity contribution < 1.29 is 0 Å². The molecule has 0 fully saturated rings. The molecule has 0 aromatic heterocycles. The van der Waals surface area contributed by atoms with E-state index in [0.29, 0.717) is 5.92 Å². The molecular formula is C7H9N3. The minimum Gasteiger partial charge on any atom is -0.294 e. The van der Waals surface area contributed by atoms with Gasteiger partial charge in [0.2, 0.25) is 0 Å². The highest BCUT2D eigenvalue weighted by atomic mass is 14.9. The van der Waals surface area contributed by atoms with E-state index < -0.39 is 0 Å². The summed E-state index contributed by atoms with van der Waals surface area (Å²) >= 11 is 0. The van der Waals surface area contributed by atoms with E-state index in [-0.39, 0.29) is 6.04 Å². The monoisotopic (exact) mass is 135 g/mol. The minimum atomic E-state index is 0.284. The Morgan fingerprint density at radius 3 is 3.20 bits per heavy atom. The maximum absolute atomic E-state index is 4.29. The number of aliphatic imine (C=N–C) groups is 3. The van der Waals surface area contributed by atoms with Crippen LogP contribution < -0.4 is 0 Å². The van der Waals surface area contributed by atoms with Crippen molar-refractivity contribution in [3.05, 3.63) is 0 Å². The summed E-state index contributed by atoms with van der Waals surface area (Å²) in [5.41, 5.74) is 0. The number of hydrogen-bond donors (Lipinski definition) is 0. The smallest absolute Gasteiger partial charge is 0.0937 e. The van der Waals surface area contributed by atoms with E-state index in [1.807, 2.05) is 18.6 Å². The Kier molecular flexibility index (Phi) is 1.34. The summed E-state index contributed by atoms with van der Waals surface area (Å²) in [4.78, 5) is 12.6. The predicted molar refractivity (Wildman–Crippen MR) is 42.5 cm³/mol. The predicted octanol–water partition coefficient (Wildman–Crippen LogP) is 0.211. The zero-order valence-corrected chi connectivity index (χ0v) is 5.64. The Morgan fingerprint density at radius 2 is 2.20 bits per heavy atom. The molecule has 0 saturated carbocycles. The van der Waals surface area contributed by atoms with Crippen LogP contribution in [0.15, 0.2) is 15.0 Å². The zero-order valence-electron chi connectivity index (χ0n) is 5.64. The third-order valence-corrected chi connectivity index (χ3v) is 1.77. The molecule has 52 valence electrons. The topological polar surface area (TPSA) is 37.1 Å². The highest BCUT2D eigenvalue weighted by Crippen LogP contribution is 2.11. The Labute approximate surface area is 59.6 Å². The normalized spacial score (nSPS) is 36.0. The van der Waals surface area contributed by atoms with Crippen molar-refractivity contribution >= 4 is 18.6 Å². The summed E-state index contributed by atoms with van der Waals surface area (Å²) < 4.78 is 0. The van der Waals surface area contributed by atoms with Crippen LogP contribution in [-0.4, -0.2) is 37.8 Å². The Balaban J connectivity index is 2.22. The van der Waals surface area contributed by atoms with E-state index in [1.165, 1.54) is 0 Å². The quantitative estimate of drug-likeness (QED) is 0.455. The summed E-state index contributed by atoms with van der Waals surface area (Å²) in [6, 6.07) is 0.284. The van der Waals surface area contributed by atoms with Crippen LogP contribution in [0.3, 0.4) is 0 Å². The SMILES string of the molecule is C1=NCC=NC2C=NCC12. The Bertz CT molecular complexity index is 205. The van der Waals surface area contributed by atoms with Crippen LogP contribution in [0.4, 0.5) is 0 Å².